The maximum atomic E-state index is 13.1. The van der Waals surface area contributed by atoms with Gasteiger partial charge in [-0.1, -0.05) is 6.07 Å². The zero-order valence-electron chi connectivity index (χ0n) is 15.1. The topological polar surface area (TPSA) is 58.2 Å². The lowest BCUT2D eigenvalue weighted by molar-refractivity contribution is -0.146. The number of hydrogen-bond acceptors (Lipinski definition) is 2. The van der Waals surface area contributed by atoms with Crippen molar-refractivity contribution < 1.29 is 14.0 Å². The summed E-state index contributed by atoms with van der Waals surface area (Å²) in [6.45, 7) is 0.525. The van der Waals surface area contributed by atoms with E-state index in [1.54, 1.807) is 12.1 Å². The highest BCUT2D eigenvalue weighted by Crippen LogP contribution is 2.60. The molecule has 4 bridgehead atoms. The van der Waals surface area contributed by atoms with Gasteiger partial charge in [-0.3, -0.25) is 9.59 Å². The number of carbonyl (C=O) groups excluding carboxylic acids is 2. The number of rotatable bonds is 6. The van der Waals surface area contributed by atoms with Crippen LogP contribution < -0.4 is 10.6 Å². The maximum Gasteiger partial charge on any atom is 0.226 e. The number of benzene rings is 1. The van der Waals surface area contributed by atoms with Crippen molar-refractivity contribution in [2.75, 3.05) is 11.9 Å². The Morgan fingerprint density at radius 1 is 1.08 bits per heavy atom. The van der Waals surface area contributed by atoms with Crippen molar-refractivity contribution in [2.45, 2.75) is 51.4 Å². The van der Waals surface area contributed by atoms with Crippen molar-refractivity contribution in [1.29, 1.82) is 0 Å². The Morgan fingerprint density at radius 3 is 2.35 bits per heavy atom. The van der Waals surface area contributed by atoms with E-state index < -0.39 is 0 Å². The summed E-state index contributed by atoms with van der Waals surface area (Å²) in [5.74, 6) is 1.95. The maximum absolute atomic E-state index is 13.1. The molecule has 4 aliphatic rings. The minimum absolute atomic E-state index is 0.126. The lowest BCUT2D eigenvalue weighted by Gasteiger charge is -2.55. The second kappa shape index (κ2) is 7.01. The summed E-state index contributed by atoms with van der Waals surface area (Å²) in [4.78, 5) is 24.8. The molecule has 0 heterocycles. The first kappa shape index (κ1) is 17.5. The van der Waals surface area contributed by atoms with Crippen LogP contribution in [0.1, 0.15) is 51.4 Å². The van der Waals surface area contributed by atoms with E-state index in [0.717, 1.165) is 37.0 Å². The summed E-state index contributed by atoms with van der Waals surface area (Å²) in [7, 11) is 0. The summed E-state index contributed by atoms with van der Waals surface area (Å²) < 4.78 is 13.1. The SMILES string of the molecule is O=C(CCCNC(=O)C12CC3CC(CC(C3)C1)C2)Nc1cccc(F)c1. The molecule has 4 aliphatic carbocycles. The normalized spacial score (nSPS) is 31.7. The monoisotopic (exact) mass is 358 g/mol. The van der Waals surface area contributed by atoms with E-state index in [0.29, 0.717) is 25.1 Å². The molecule has 5 rings (SSSR count). The third kappa shape index (κ3) is 3.62. The summed E-state index contributed by atoms with van der Waals surface area (Å²) in [6, 6.07) is 5.87. The highest BCUT2D eigenvalue weighted by Gasteiger charge is 2.54. The van der Waals surface area contributed by atoms with Crippen LogP contribution in [0.25, 0.3) is 0 Å². The van der Waals surface area contributed by atoms with Crippen LogP contribution in [0.3, 0.4) is 0 Å². The Kier molecular flexibility index (Phi) is 4.72. The largest absolute Gasteiger partial charge is 0.356 e. The van der Waals surface area contributed by atoms with Crippen molar-refractivity contribution in [3.63, 3.8) is 0 Å². The Balaban J connectivity index is 1.21. The zero-order valence-corrected chi connectivity index (χ0v) is 15.1. The molecule has 2 N–H and O–H groups in total. The van der Waals surface area contributed by atoms with Crippen LogP contribution in [0.4, 0.5) is 10.1 Å². The van der Waals surface area contributed by atoms with Crippen molar-refractivity contribution in [3.8, 4) is 0 Å². The van der Waals surface area contributed by atoms with Gasteiger partial charge < -0.3 is 10.6 Å². The van der Waals surface area contributed by atoms with Gasteiger partial charge in [-0.2, -0.15) is 0 Å². The van der Waals surface area contributed by atoms with Gasteiger partial charge in [0.25, 0.3) is 0 Å². The Morgan fingerprint density at radius 2 is 1.73 bits per heavy atom. The van der Waals surface area contributed by atoms with Crippen LogP contribution in [-0.2, 0) is 9.59 Å². The van der Waals surface area contributed by atoms with Gasteiger partial charge in [0.05, 0.1) is 0 Å². The standard InChI is InChI=1S/C21H27FN2O2/c22-17-3-1-4-18(10-17)24-19(25)5-2-6-23-20(26)21-11-14-7-15(12-21)9-16(8-14)13-21/h1,3-4,10,14-16H,2,5-9,11-13H2,(H,23,26)(H,24,25). The predicted molar refractivity (Wildman–Crippen MR) is 97.9 cm³/mol. The molecule has 0 radical (unpaired) electrons. The van der Waals surface area contributed by atoms with Crippen LogP contribution in [0.5, 0.6) is 0 Å². The first-order chi connectivity index (χ1) is 12.5. The van der Waals surface area contributed by atoms with E-state index in [2.05, 4.69) is 10.6 Å². The van der Waals surface area contributed by atoms with Crippen molar-refractivity contribution in [3.05, 3.63) is 30.1 Å². The quantitative estimate of drug-likeness (QED) is 0.758. The molecule has 4 saturated carbocycles. The van der Waals surface area contributed by atoms with Crippen LogP contribution in [0.2, 0.25) is 0 Å². The molecule has 0 aliphatic heterocycles. The molecule has 0 atom stereocenters. The predicted octanol–water partition coefficient (Wildman–Crippen LogP) is 3.88. The molecule has 1 aromatic rings. The van der Waals surface area contributed by atoms with Crippen LogP contribution >= 0.6 is 0 Å². The van der Waals surface area contributed by atoms with Gasteiger partial charge in [0, 0.05) is 24.1 Å². The molecule has 4 nitrogen and oxygen atoms in total. The molecular weight excluding hydrogens is 331 g/mol. The van der Waals surface area contributed by atoms with Crippen LogP contribution in [-0.4, -0.2) is 18.4 Å². The third-order valence-electron chi connectivity index (χ3n) is 6.49. The van der Waals surface area contributed by atoms with E-state index >= 15 is 0 Å². The van der Waals surface area contributed by atoms with Gasteiger partial charge in [0.2, 0.25) is 11.8 Å². The molecule has 2 amide bonds. The molecule has 4 fully saturated rings. The second-order valence-electron chi connectivity index (χ2n) is 8.62. The number of anilines is 1. The van der Waals surface area contributed by atoms with E-state index in [1.807, 2.05) is 0 Å². The van der Waals surface area contributed by atoms with Crippen molar-refractivity contribution in [1.82, 2.24) is 5.32 Å². The summed E-state index contributed by atoms with van der Waals surface area (Å²) in [6.07, 6.45) is 8.07. The van der Waals surface area contributed by atoms with Gasteiger partial charge in [-0.05, 0) is 80.9 Å². The van der Waals surface area contributed by atoms with Crippen LogP contribution in [0.15, 0.2) is 24.3 Å². The molecule has 140 valence electrons. The van der Waals surface area contributed by atoms with Gasteiger partial charge in [0.1, 0.15) is 5.82 Å². The fourth-order valence-electron chi connectivity index (χ4n) is 5.82. The number of amides is 2. The number of carbonyl (C=O) groups is 2. The Bertz CT molecular complexity index is 668. The van der Waals surface area contributed by atoms with Crippen LogP contribution in [0, 0.1) is 29.0 Å². The minimum atomic E-state index is -0.370. The molecule has 0 aromatic heterocycles. The average molecular weight is 358 g/mol. The van der Waals surface area contributed by atoms with E-state index in [9.17, 15) is 14.0 Å². The first-order valence-electron chi connectivity index (χ1n) is 9.86. The Hall–Kier alpha value is -1.91. The molecule has 1 aromatic carbocycles. The Labute approximate surface area is 153 Å². The zero-order chi connectivity index (χ0) is 18.1. The smallest absolute Gasteiger partial charge is 0.226 e. The summed E-state index contributed by atoms with van der Waals surface area (Å²) in [5.41, 5.74) is 0.339. The van der Waals surface area contributed by atoms with Gasteiger partial charge in [0.15, 0.2) is 0 Å². The highest BCUT2D eigenvalue weighted by atomic mass is 19.1. The highest BCUT2D eigenvalue weighted by molar-refractivity contribution is 5.90. The van der Waals surface area contributed by atoms with Crippen molar-refractivity contribution in [2.24, 2.45) is 23.2 Å². The fourth-order valence-corrected chi connectivity index (χ4v) is 5.82. The minimum Gasteiger partial charge on any atom is -0.356 e. The molecule has 26 heavy (non-hydrogen) atoms. The van der Waals surface area contributed by atoms with Gasteiger partial charge in [-0.25, -0.2) is 4.39 Å². The molecular formula is C21H27FN2O2. The van der Waals surface area contributed by atoms with Crippen molar-refractivity contribution >= 4 is 17.5 Å². The average Bonchev–Trinajstić information content (AvgIpc) is 2.57. The third-order valence-corrected chi connectivity index (χ3v) is 6.49. The number of hydrogen-bond donors (Lipinski definition) is 2. The lowest BCUT2D eigenvalue weighted by atomic mass is 9.49. The number of halogens is 1. The summed E-state index contributed by atoms with van der Waals surface area (Å²) in [5, 5.41) is 5.78. The molecule has 0 unspecified atom stereocenters. The van der Waals surface area contributed by atoms with Gasteiger partial charge >= 0.3 is 0 Å². The van der Waals surface area contributed by atoms with E-state index in [4.69, 9.17) is 0 Å². The molecule has 0 saturated heterocycles. The van der Waals surface area contributed by atoms with E-state index in [-0.39, 0.29) is 23.0 Å². The lowest BCUT2D eigenvalue weighted by Crippen LogP contribution is -2.53. The molecule has 0 spiro atoms. The second-order valence-corrected chi connectivity index (χ2v) is 8.62. The molecule has 5 heteroatoms. The number of nitrogens with one attached hydrogen (secondary N) is 2. The summed E-state index contributed by atoms with van der Waals surface area (Å²) >= 11 is 0. The van der Waals surface area contributed by atoms with Gasteiger partial charge in [-0.15, -0.1) is 0 Å². The first-order valence-corrected chi connectivity index (χ1v) is 9.86. The van der Waals surface area contributed by atoms with E-state index in [1.165, 1.54) is 31.4 Å². The fraction of sp³-hybridized carbons (Fsp3) is 0.619.